The molecule has 0 spiro atoms. The lowest BCUT2D eigenvalue weighted by molar-refractivity contribution is -0.121. The van der Waals surface area contributed by atoms with Gasteiger partial charge in [0.1, 0.15) is 5.82 Å². The van der Waals surface area contributed by atoms with Crippen LogP contribution in [0.4, 0.5) is 4.39 Å². The molecule has 0 bridgehead atoms. The molecule has 26 heavy (non-hydrogen) atoms. The van der Waals surface area contributed by atoms with Gasteiger partial charge < -0.3 is 5.32 Å². The maximum absolute atomic E-state index is 13.2. The van der Waals surface area contributed by atoms with Crippen molar-refractivity contribution in [3.63, 3.8) is 0 Å². The van der Waals surface area contributed by atoms with Gasteiger partial charge in [-0.25, -0.2) is 9.49 Å². The number of carbonyl (C=O) groups is 1. The molecule has 0 aliphatic carbocycles. The molecule has 3 aromatic rings. The largest absolute Gasteiger partial charge is 0.349 e. The third kappa shape index (κ3) is 3.79. The van der Waals surface area contributed by atoms with Gasteiger partial charge >= 0.3 is 0 Å². The van der Waals surface area contributed by atoms with Gasteiger partial charge in [-0.2, -0.15) is 5.10 Å². The van der Waals surface area contributed by atoms with Gasteiger partial charge in [0, 0.05) is 5.39 Å². The van der Waals surface area contributed by atoms with Gasteiger partial charge in [0.15, 0.2) is 0 Å². The number of aromatic amines is 1. The second-order valence-corrected chi connectivity index (χ2v) is 6.56. The highest BCUT2D eigenvalue weighted by molar-refractivity contribution is 5.88. The van der Waals surface area contributed by atoms with Crippen LogP contribution < -0.4 is 10.9 Å². The smallest absolute Gasteiger partial charge is 0.272 e. The maximum atomic E-state index is 13.2. The van der Waals surface area contributed by atoms with E-state index in [0.717, 1.165) is 5.56 Å². The van der Waals surface area contributed by atoms with Crippen LogP contribution >= 0.6 is 0 Å². The Morgan fingerprint density at radius 2 is 1.77 bits per heavy atom. The van der Waals surface area contributed by atoms with Gasteiger partial charge in [-0.15, -0.1) is 0 Å². The lowest BCUT2D eigenvalue weighted by atomic mass is 9.95. The Bertz CT molecular complexity index is 980. The topological polar surface area (TPSA) is 74.8 Å². The summed E-state index contributed by atoms with van der Waals surface area (Å²) < 4.78 is 13.2. The van der Waals surface area contributed by atoms with Crippen molar-refractivity contribution >= 4 is 16.7 Å². The molecule has 0 saturated carbocycles. The predicted octanol–water partition coefficient (Wildman–Crippen LogP) is 3.12. The first kappa shape index (κ1) is 17.8. The number of hydrogen-bond donors (Lipinski definition) is 2. The number of nitrogens with zero attached hydrogens (tertiary/aromatic N) is 1. The van der Waals surface area contributed by atoms with Crippen LogP contribution in [0.25, 0.3) is 10.8 Å². The van der Waals surface area contributed by atoms with Crippen molar-refractivity contribution in [1.82, 2.24) is 15.5 Å². The molecule has 1 amide bonds. The minimum Gasteiger partial charge on any atom is -0.349 e. The van der Waals surface area contributed by atoms with Crippen LogP contribution in [0, 0.1) is 11.7 Å². The van der Waals surface area contributed by atoms with Crippen molar-refractivity contribution in [3.05, 3.63) is 76.0 Å². The quantitative estimate of drug-likeness (QED) is 0.740. The molecular weight excluding hydrogens is 333 g/mol. The number of hydrogen-bond acceptors (Lipinski definition) is 3. The van der Waals surface area contributed by atoms with Crippen LogP contribution in [-0.2, 0) is 11.2 Å². The molecule has 0 aliphatic heterocycles. The average Bonchev–Trinajstić information content (AvgIpc) is 2.63. The average molecular weight is 353 g/mol. The summed E-state index contributed by atoms with van der Waals surface area (Å²) in [6.45, 7) is 3.98. The molecule has 5 nitrogen and oxygen atoms in total. The van der Waals surface area contributed by atoms with E-state index in [2.05, 4.69) is 15.5 Å². The van der Waals surface area contributed by atoms with Crippen molar-refractivity contribution in [2.24, 2.45) is 5.92 Å². The molecule has 1 atom stereocenters. The number of fused-ring (bicyclic) bond motifs is 1. The maximum Gasteiger partial charge on any atom is 0.272 e. The van der Waals surface area contributed by atoms with E-state index < -0.39 is 0 Å². The van der Waals surface area contributed by atoms with Crippen molar-refractivity contribution in [2.45, 2.75) is 26.3 Å². The number of amides is 1. The van der Waals surface area contributed by atoms with Crippen LogP contribution in [0.1, 0.15) is 31.1 Å². The molecule has 3 rings (SSSR count). The molecular formula is C20H20FN3O2. The third-order valence-electron chi connectivity index (χ3n) is 4.32. The minimum atomic E-state index is -0.313. The minimum absolute atomic E-state index is 0.0434. The van der Waals surface area contributed by atoms with E-state index in [-0.39, 0.29) is 35.7 Å². The van der Waals surface area contributed by atoms with Gasteiger partial charge in [0.05, 0.1) is 23.5 Å². The zero-order chi connectivity index (χ0) is 18.7. The van der Waals surface area contributed by atoms with E-state index >= 15 is 0 Å². The lowest BCUT2D eigenvalue weighted by Crippen LogP contribution is -2.33. The fourth-order valence-corrected chi connectivity index (χ4v) is 2.99. The van der Waals surface area contributed by atoms with Crippen LogP contribution in [0.15, 0.2) is 53.3 Å². The lowest BCUT2D eigenvalue weighted by Gasteiger charge is -2.23. The third-order valence-corrected chi connectivity index (χ3v) is 4.32. The van der Waals surface area contributed by atoms with Crippen molar-refractivity contribution < 1.29 is 9.18 Å². The van der Waals surface area contributed by atoms with Crippen molar-refractivity contribution in [1.29, 1.82) is 0 Å². The molecule has 0 saturated heterocycles. The zero-order valence-corrected chi connectivity index (χ0v) is 14.6. The summed E-state index contributed by atoms with van der Waals surface area (Å²) in [5.41, 5.74) is 1.07. The van der Waals surface area contributed by atoms with Gasteiger partial charge in [-0.3, -0.25) is 9.59 Å². The first-order chi connectivity index (χ1) is 12.5. The van der Waals surface area contributed by atoms with Crippen LogP contribution in [0.2, 0.25) is 0 Å². The first-order valence-electron chi connectivity index (χ1n) is 8.47. The molecule has 2 N–H and O–H groups in total. The summed E-state index contributed by atoms with van der Waals surface area (Å²) in [6, 6.07) is 12.9. The fourth-order valence-electron chi connectivity index (χ4n) is 2.99. The SMILES string of the molecule is CC(C)[C@H](NC(=O)Cc1n[nH]c(=O)c2ccccc12)c1ccc(F)cc1. The molecule has 1 heterocycles. The second-order valence-electron chi connectivity index (χ2n) is 6.56. The Labute approximate surface area is 150 Å². The van der Waals surface area contributed by atoms with Crippen molar-refractivity contribution in [3.8, 4) is 0 Å². The summed E-state index contributed by atoms with van der Waals surface area (Å²) >= 11 is 0. The normalized spacial score (nSPS) is 12.3. The second kappa shape index (κ2) is 7.47. The van der Waals surface area contributed by atoms with Gasteiger partial charge in [-0.1, -0.05) is 44.2 Å². The zero-order valence-electron chi connectivity index (χ0n) is 14.6. The van der Waals surface area contributed by atoms with E-state index in [1.54, 1.807) is 36.4 Å². The summed E-state index contributed by atoms with van der Waals surface area (Å²) in [5.74, 6) is -0.395. The van der Waals surface area contributed by atoms with Gasteiger partial charge in [0.25, 0.3) is 5.56 Å². The van der Waals surface area contributed by atoms with Gasteiger partial charge in [-0.05, 0) is 29.7 Å². The highest BCUT2D eigenvalue weighted by Gasteiger charge is 2.19. The molecule has 6 heteroatoms. The van der Waals surface area contributed by atoms with E-state index in [1.165, 1.54) is 12.1 Å². The standard InChI is InChI=1S/C20H20FN3O2/c1-12(2)19(13-7-9-14(21)10-8-13)22-18(25)11-17-15-5-3-4-6-16(15)20(26)24-23-17/h3-10,12,19H,11H2,1-2H3,(H,22,25)(H,24,26)/t19-/m0/s1. The highest BCUT2D eigenvalue weighted by Crippen LogP contribution is 2.22. The first-order valence-corrected chi connectivity index (χ1v) is 8.47. The number of nitrogens with one attached hydrogen (secondary N) is 2. The molecule has 0 radical (unpaired) electrons. The van der Waals surface area contributed by atoms with Gasteiger partial charge in [0.2, 0.25) is 5.91 Å². The van der Waals surface area contributed by atoms with Crippen molar-refractivity contribution in [2.75, 3.05) is 0 Å². The van der Waals surface area contributed by atoms with E-state index in [9.17, 15) is 14.0 Å². The molecule has 2 aromatic carbocycles. The Kier molecular flexibility index (Phi) is 5.11. The summed E-state index contributed by atoms with van der Waals surface area (Å²) in [4.78, 5) is 24.4. The molecule has 134 valence electrons. The number of rotatable bonds is 5. The van der Waals surface area contributed by atoms with Crippen LogP contribution in [-0.4, -0.2) is 16.1 Å². The number of carbonyl (C=O) groups excluding carboxylic acids is 1. The van der Waals surface area contributed by atoms with E-state index in [4.69, 9.17) is 0 Å². The predicted molar refractivity (Wildman–Crippen MR) is 98.2 cm³/mol. The monoisotopic (exact) mass is 353 g/mol. The highest BCUT2D eigenvalue weighted by atomic mass is 19.1. The Morgan fingerprint density at radius 1 is 1.12 bits per heavy atom. The van der Waals surface area contributed by atoms with E-state index in [1.807, 2.05) is 13.8 Å². The fraction of sp³-hybridized carbons (Fsp3) is 0.250. The number of aromatic nitrogens is 2. The summed E-state index contributed by atoms with van der Waals surface area (Å²) in [5, 5.41) is 10.6. The Morgan fingerprint density at radius 3 is 2.42 bits per heavy atom. The Balaban J connectivity index is 1.82. The Hall–Kier alpha value is -3.02. The number of halogens is 1. The number of benzene rings is 2. The molecule has 0 aliphatic rings. The molecule has 0 unspecified atom stereocenters. The molecule has 1 aromatic heterocycles. The number of H-pyrrole nitrogens is 1. The van der Waals surface area contributed by atoms with E-state index in [0.29, 0.717) is 16.5 Å². The van der Waals surface area contributed by atoms with Crippen LogP contribution in [0.3, 0.4) is 0 Å². The summed E-state index contributed by atoms with van der Waals surface area (Å²) in [7, 11) is 0. The van der Waals surface area contributed by atoms with Crippen LogP contribution in [0.5, 0.6) is 0 Å². The summed E-state index contributed by atoms with van der Waals surface area (Å²) in [6.07, 6.45) is 0.0434. The molecule has 0 fully saturated rings.